The largest absolute Gasteiger partial charge is 0.497 e. The molecule has 0 bridgehead atoms. The SMILES string of the molecule is CCCC(CCC)S(=O)(=O)CC(NC(=O)O[C@@H]1CCOC1)C(=O)N(Cc1cccc(CC)c1)C[C@@H](O)[C@@H](N)Cc1cc(F)cc(F)c1.CCCC(CCC)S(=O)(=O)CC(NC(=O)O[C@H]1CCOC1)C(=O)N(Cc1cccc(CC)c1)C[C@@H](O)[C@@H](N)Cc1cc(F)cc(F)c1.CCCC(CCC)S(=O)(=O)CC(NC(=O)O[C@H]1CCOC1)C(=O)N(Cc1cccc(OC)c1)C[C@@H](O)[C@@H](N)Cc1ccccc1. The van der Waals surface area contributed by atoms with Crippen LogP contribution in [-0.4, -0.2) is 264 Å². The van der Waals surface area contributed by atoms with Gasteiger partial charge in [0.05, 0.1) is 98.1 Å². The molecule has 6 aromatic carbocycles. The maximum atomic E-state index is 14.3. The molecule has 3 heterocycles. The number of nitrogens with one attached hydrogen (secondary N) is 3. The van der Waals surface area contributed by atoms with Crippen LogP contribution < -0.4 is 37.9 Å². The normalized spacial score (nSPS) is 16.9. The zero-order valence-electron chi connectivity index (χ0n) is 81.6. The number of amides is 6. The summed E-state index contributed by atoms with van der Waals surface area (Å²) < 4.78 is 175. The Morgan fingerprint density at radius 3 is 0.928 bits per heavy atom. The van der Waals surface area contributed by atoms with E-state index in [4.69, 9.17) is 50.4 Å². The van der Waals surface area contributed by atoms with Gasteiger partial charge in [-0.25, -0.2) is 57.2 Å². The van der Waals surface area contributed by atoms with Crippen LogP contribution in [0.25, 0.3) is 0 Å². The number of aliphatic hydroxyl groups excluding tert-OH is 3. The molecule has 9 rings (SSSR count). The second kappa shape index (κ2) is 59.5. The third-order valence-corrected chi connectivity index (χ3v) is 31.3. The number of sulfone groups is 3. The minimum Gasteiger partial charge on any atom is -0.497 e. The van der Waals surface area contributed by atoms with Crippen LogP contribution in [0.3, 0.4) is 0 Å². The van der Waals surface area contributed by atoms with E-state index in [2.05, 4.69) is 16.0 Å². The Morgan fingerprint density at radius 2 is 0.655 bits per heavy atom. The second-order valence-corrected chi connectivity index (χ2v) is 43.0. The lowest BCUT2D eigenvalue weighted by atomic mass is 10.0. The number of nitrogens with two attached hydrogens (primary N) is 3. The summed E-state index contributed by atoms with van der Waals surface area (Å²) in [6, 6.07) is 30.1. The molecule has 38 heteroatoms. The van der Waals surface area contributed by atoms with Gasteiger partial charge in [0, 0.05) is 88.8 Å². The van der Waals surface area contributed by atoms with Gasteiger partial charge in [-0.2, -0.15) is 0 Å². The van der Waals surface area contributed by atoms with Gasteiger partial charge in [-0.05, 0) is 152 Å². The minimum atomic E-state index is -3.88. The fraction of sp³-hybridized carbons (Fsp3) is 0.584. The van der Waals surface area contributed by atoms with Crippen LogP contribution in [0.4, 0.5) is 31.9 Å². The van der Waals surface area contributed by atoms with Gasteiger partial charge in [-0.3, -0.25) is 14.4 Å². The van der Waals surface area contributed by atoms with Crippen molar-refractivity contribution >= 4 is 65.5 Å². The third-order valence-electron chi connectivity index (χ3n) is 24.4. The Hall–Kier alpha value is -9.45. The third kappa shape index (κ3) is 40.1. The van der Waals surface area contributed by atoms with Crippen LogP contribution in [0.15, 0.2) is 140 Å². The number of carbonyl (C=O) groups excluding carboxylic acids is 6. The molecular weight excluding hydrogens is 1860 g/mol. The molecule has 0 saturated carbocycles. The highest BCUT2D eigenvalue weighted by Gasteiger charge is 2.42. The summed E-state index contributed by atoms with van der Waals surface area (Å²) in [6.07, 6.45) is 1.19. The van der Waals surface area contributed by atoms with Crippen molar-refractivity contribution in [2.45, 2.75) is 292 Å². The number of hydrogen-bond donors (Lipinski definition) is 9. The first-order valence-corrected chi connectivity index (χ1v) is 53.6. The van der Waals surface area contributed by atoms with Crippen LogP contribution >= 0.6 is 0 Å². The standard InChI is InChI=1S/2C34H49F2N3O7S.C33H49N3O8S/c2*1-4-8-29(9-5-2)47(43,44)22-31(38-34(42)46-28-12-13-45-21-28)33(41)39(19-24-11-7-10-23(6-3)14-24)20-32(40)30(37)17-25-15-26(35)18-27(36)16-25;1-4-10-28(11-5-2)45(40,41)23-30(35-33(39)44-27-16-17-43-22-27)32(38)36(20-25-14-9-15-26(18-25)42-3)21-31(37)29(34)19-24-12-7-6-8-13-24/h2*7,10-11,14-16,18,28-32,40H,4-6,8-9,12-13,17,19-22,37H2,1-3H3,(H,38,42);6-9,12-15,18,27-31,37H,4-5,10-11,16-17,19-23,34H2,1-3H3,(H,35,39)/t28-,30+,31?,32-;28-,30-,31?,32+;27-,29-,30?,31+/m100/s1. The fourth-order valence-corrected chi connectivity index (χ4v) is 23.4. The molecule has 6 aromatic rings. The Labute approximate surface area is 817 Å². The molecule has 0 radical (unpaired) electrons. The molecule has 6 amide bonds. The van der Waals surface area contributed by atoms with Crippen molar-refractivity contribution in [3.05, 3.63) is 207 Å². The van der Waals surface area contributed by atoms with Crippen LogP contribution in [-0.2, 0) is 124 Å². The molecular formula is C101H147F4N9O22S3. The Balaban J connectivity index is 0.000000284. The summed E-state index contributed by atoms with van der Waals surface area (Å²) in [7, 11) is -10.0. The van der Waals surface area contributed by atoms with Crippen LogP contribution in [0, 0.1) is 23.3 Å². The van der Waals surface area contributed by atoms with Gasteiger partial charge in [0.15, 0.2) is 29.5 Å². The van der Waals surface area contributed by atoms with Gasteiger partial charge in [0.2, 0.25) is 17.7 Å². The van der Waals surface area contributed by atoms with E-state index in [1.165, 1.54) is 21.8 Å². The summed E-state index contributed by atoms with van der Waals surface area (Å²) in [4.78, 5) is 85.7. The minimum absolute atomic E-state index is 0.0161. The number of methoxy groups -OCH3 is 1. The van der Waals surface area contributed by atoms with E-state index in [1.807, 2.05) is 122 Å². The molecule has 12 atom stereocenters. The van der Waals surface area contributed by atoms with E-state index >= 15 is 0 Å². The molecule has 0 aromatic heterocycles. The summed E-state index contributed by atoms with van der Waals surface area (Å²) in [5.74, 6) is -6.67. The van der Waals surface area contributed by atoms with E-state index in [-0.39, 0.29) is 83.1 Å². The summed E-state index contributed by atoms with van der Waals surface area (Å²) >= 11 is 0. The fourth-order valence-electron chi connectivity index (χ4n) is 16.9. The number of ether oxygens (including phenoxy) is 7. The number of rotatable bonds is 54. The number of aliphatic hydroxyl groups is 3. The van der Waals surface area contributed by atoms with Crippen molar-refractivity contribution < 1.29 is 120 Å². The predicted octanol–water partition coefficient (Wildman–Crippen LogP) is 11.3. The number of hydrogen-bond acceptors (Lipinski definition) is 25. The van der Waals surface area contributed by atoms with E-state index in [9.17, 15) is 86.9 Å². The summed E-state index contributed by atoms with van der Waals surface area (Å²) in [5.41, 5.74) is 24.4. The highest BCUT2D eigenvalue weighted by atomic mass is 32.2. The van der Waals surface area contributed by atoms with Crippen molar-refractivity contribution in [3.8, 4) is 5.75 Å². The number of benzene rings is 6. The van der Waals surface area contributed by atoms with Crippen molar-refractivity contribution in [2.75, 3.05) is 83.6 Å². The maximum Gasteiger partial charge on any atom is 0.408 e. The van der Waals surface area contributed by atoms with Crippen molar-refractivity contribution in [3.63, 3.8) is 0 Å². The van der Waals surface area contributed by atoms with Crippen molar-refractivity contribution in [2.24, 2.45) is 17.2 Å². The topological polar surface area (TPSA) is 454 Å². The van der Waals surface area contributed by atoms with Crippen LogP contribution in [0.5, 0.6) is 5.75 Å². The zero-order chi connectivity index (χ0) is 102. The Morgan fingerprint density at radius 1 is 0.381 bits per heavy atom. The number of carbonyl (C=O) groups is 6. The first-order valence-electron chi connectivity index (χ1n) is 48.4. The molecule has 0 spiro atoms. The van der Waals surface area contributed by atoms with Crippen molar-refractivity contribution in [1.82, 2.24) is 30.7 Å². The quantitative estimate of drug-likeness (QED) is 0.0126. The second-order valence-electron chi connectivity index (χ2n) is 36.1. The monoisotopic (exact) mass is 2010 g/mol. The number of aryl methyl sites for hydroxylation is 2. The van der Waals surface area contributed by atoms with Crippen molar-refractivity contribution in [1.29, 1.82) is 0 Å². The van der Waals surface area contributed by atoms with E-state index in [0.29, 0.717) is 145 Å². The van der Waals surface area contributed by atoms with Crippen LogP contribution in [0.1, 0.15) is 196 Å². The van der Waals surface area contributed by atoms with Gasteiger partial charge in [-0.1, -0.05) is 185 Å². The molecule has 3 saturated heterocycles. The first kappa shape index (κ1) is 117. The molecule has 139 heavy (non-hydrogen) atoms. The van der Waals surface area contributed by atoms with Gasteiger partial charge in [0.1, 0.15) is 65.5 Å². The van der Waals surface area contributed by atoms with E-state index in [1.54, 1.807) is 36.4 Å². The number of alkyl carbamates (subject to hydrolysis) is 3. The first-order chi connectivity index (χ1) is 66.2. The lowest BCUT2D eigenvalue weighted by molar-refractivity contribution is -0.135. The molecule has 31 nitrogen and oxygen atoms in total. The lowest BCUT2D eigenvalue weighted by Gasteiger charge is -2.32. The smallest absolute Gasteiger partial charge is 0.408 e. The van der Waals surface area contributed by atoms with Gasteiger partial charge >= 0.3 is 18.3 Å². The Kier molecular flexibility index (Phi) is 49.8. The summed E-state index contributed by atoms with van der Waals surface area (Å²) in [6.45, 7) is 16.3. The number of nitrogens with zero attached hydrogens (tertiary/aromatic N) is 3. The Bertz CT molecular complexity index is 4870. The molecule has 3 aliphatic heterocycles. The molecule has 3 unspecified atom stereocenters. The van der Waals surface area contributed by atoms with Gasteiger partial charge in [-0.15, -0.1) is 0 Å². The van der Waals surface area contributed by atoms with Gasteiger partial charge in [0.25, 0.3) is 0 Å². The lowest BCUT2D eigenvalue weighted by Crippen LogP contribution is -2.55. The highest BCUT2D eigenvalue weighted by Crippen LogP contribution is 2.27. The molecule has 0 aliphatic carbocycles. The van der Waals surface area contributed by atoms with Gasteiger partial charge < -0.3 is 96.3 Å². The molecule has 3 fully saturated rings. The highest BCUT2D eigenvalue weighted by molar-refractivity contribution is 7.92. The van der Waals surface area contributed by atoms with E-state index < -0.39 is 195 Å². The molecule has 12 N–H and O–H groups in total. The average molecular weight is 2010 g/mol. The van der Waals surface area contributed by atoms with E-state index in [0.717, 1.165) is 65.9 Å². The average Bonchev–Trinajstić information content (AvgIpc) is 0.898. The zero-order valence-corrected chi connectivity index (χ0v) is 84.0. The maximum absolute atomic E-state index is 14.3. The summed E-state index contributed by atoms with van der Waals surface area (Å²) in [5, 5.41) is 39.1. The number of halogens is 4. The van der Waals surface area contributed by atoms with Crippen LogP contribution in [0.2, 0.25) is 0 Å². The molecule has 3 aliphatic rings. The predicted molar refractivity (Wildman–Crippen MR) is 523 cm³/mol. The molecule has 774 valence electrons.